The second-order valence-electron chi connectivity index (χ2n) is 8.35. The van der Waals surface area contributed by atoms with Crippen LogP contribution in [-0.2, 0) is 6.54 Å². The summed E-state index contributed by atoms with van der Waals surface area (Å²) in [5.74, 6) is 0.752. The third kappa shape index (κ3) is 4.57. The first kappa shape index (κ1) is 22.2. The lowest BCUT2D eigenvalue weighted by Crippen LogP contribution is -2.48. The van der Waals surface area contributed by atoms with E-state index in [1.54, 1.807) is 37.4 Å². The number of piperazine rings is 1. The van der Waals surface area contributed by atoms with Gasteiger partial charge in [-0.3, -0.25) is 14.5 Å². The summed E-state index contributed by atoms with van der Waals surface area (Å²) in [6.45, 7) is 5.30. The number of carbonyl (C=O) groups excluding carboxylic acids is 1. The second kappa shape index (κ2) is 9.36. The quantitative estimate of drug-likeness (QED) is 0.441. The number of hydrogen-bond donors (Lipinski definition) is 0. The summed E-state index contributed by atoms with van der Waals surface area (Å²) in [4.78, 5) is 34.9. The zero-order valence-electron chi connectivity index (χ0n) is 19.1. The molecule has 0 spiro atoms. The van der Waals surface area contributed by atoms with Crippen molar-refractivity contribution in [3.05, 3.63) is 81.8 Å². The van der Waals surface area contributed by atoms with Crippen molar-refractivity contribution >= 4 is 22.2 Å². The van der Waals surface area contributed by atoms with E-state index < -0.39 is 0 Å². The maximum atomic E-state index is 12.8. The number of ether oxygens (including phenoxy) is 1. The van der Waals surface area contributed by atoms with Crippen LogP contribution in [0.2, 0.25) is 0 Å². The number of nitrogens with zero attached hydrogens (tertiary/aromatic N) is 5. The van der Waals surface area contributed by atoms with Gasteiger partial charge in [-0.1, -0.05) is 35.1 Å². The molecule has 0 N–H and O–H groups in total. The van der Waals surface area contributed by atoms with Gasteiger partial charge in [0.25, 0.3) is 11.5 Å². The van der Waals surface area contributed by atoms with E-state index in [0.717, 1.165) is 40.7 Å². The van der Waals surface area contributed by atoms with E-state index in [1.165, 1.54) is 15.9 Å². The van der Waals surface area contributed by atoms with Crippen molar-refractivity contribution in [2.24, 2.45) is 0 Å². The number of rotatable bonds is 5. The van der Waals surface area contributed by atoms with Crippen molar-refractivity contribution in [2.75, 3.05) is 33.3 Å². The first-order chi connectivity index (χ1) is 16.5. The molecule has 0 radical (unpaired) electrons. The number of aryl methyl sites for hydroxylation is 1. The van der Waals surface area contributed by atoms with Crippen LogP contribution in [0.5, 0.6) is 5.75 Å². The Morgan fingerprint density at radius 2 is 1.82 bits per heavy atom. The van der Waals surface area contributed by atoms with Gasteiger partial charge >= 0.3 is 0 Å². The van der Waals surface area contributed by atoms with Crippen LogP contribution in [0.1, 0.15) is 21.6 Å². The number of benzene rings is 2. The Morgan fingerprint density at radius 1 is 1.06 bits per heavy atom. The number of carbonyl (C=O) groups is 1. The molecule has 174 valence electrons. The van der Waals surface area contributed by atoms with Gasteiger partial charge in [0, 0.05) is 49.9 Å². The second-order valence-corrected chi connectivity index (χ2v) is 9.31. The highest BCUT2D eigenvalue weighted by molar-refractivity contribution is 7.19. The fourth-order valence-electron chi connectivity index (χ4n) is 4.09. The third-order valence-electron chi connectivity index (χ3n) is 5.95. The summed E-state index contributed by atoms with van der Waals surface area (Å²) in [6, 6.07) is 16.8. The molecular weight excluding hydrogens is 450 g/mol. The summed E-state index contributed by atoms with van der Waals surface area (Å²) >= 11 is 1.41. The van der Waals surface area contributed by atoms with Crippen LogP contribution in [0, 0.1) is 6.92 Å². The van der Waals surface area contributed by atoms with Gasteiger partial charge in [-0.05, 0) is 37.3 Å². The minimum Gasteiger partial charge on any atom is -0.497 e. The number of methoxy groups -OCH3 is 1. The molecule has 2 aromatic heterocycles. The minimum absolute atomic E-state index is 0.0217. The van der Waals surface area contributed by atoms with Crippen LogP contribution in [0.15, 0.2) is 59.4 Å². The van der Waals surface area contributed by atoms with Crippen LogP contribution < -0.4 is 10.3 Å². The van der Waals surface area contributed by atoms with Gasteiger partial charge in [0.05, 0.1) is 12.8 Å². The topological polar surface area (TPSA) is 80.0 Å². The maximum Gasteiger partial charge on any atom is 0.275 e. The van der Waals surface area contributed by atoms with Crippen LogP contribution in [-0.4, -0.2) is 63.6 Å². The van der Waals surface area contributed by atoms with E-state index in [0.29, 0.717) is 30.2 Å². The Labute approximate surface area is 201 Å². The molecule has 1 aliphatic heterocycles. The first-order valence-electron chi connectivity index (χ1n) is 11.1. The summed E-state index contributed by atoms with van der Waals surface area (Å²) in [5, 5.41) is 5.25. The number of aromatic nitrogens is 3. The van der Waals surface area contributed by atoms with Gasteiger partial charge in [-0.15, -0.1) is 0 Å². The normalized spacial score (nSPS) is 14.5. The Hall–Kier alpha value is -3.56. The molecule has 4 aromatic rings. The Kier molecular flexibility index (Phi) is 6.12. The summed E-state index contributed by atoms with van der Waals surface area (Å²) in [6.07, 6.45) is 0. The molecule has 0 atom stereocenters. The monoisotopic (exact) mass is 475 g/mol. The van der Waals surface area contributed by atoms with Crippen molar-refractivity contribution in [2.45, 2.75) is 13.5 Å². The Balaban J connectivity index is 1.26. The van der Waals surface area contributed by atoms with Crippen molar-refractivity contribution in [3.63, 3.8) is 0 Å². The molecule has 5 rings (SSSR count). The Bertz CT molecular complexity index is 1390. The molecule has 1 saturated heterocycles. The van der Waals surface area contributed by atoms with E-state index in [2.05, 4.69) is 16.1 Å². The van der Waals surface area contributed by atoms with E-state index in [9.17, 15) is 9.59 Å². The number of hydrogen-bond acceptors (Lipinski definition) is 7. The summed E-state index contributed by atoms with van der Waals surface area (Å²) in [7, 11) is 1.61. The molecule has 1 aliphatic rings. The summed E-state index contributed by atoms with van der Waals surface area (Å²) in [5.41, 5.74) is 3.32. The van der Waals surface area contributed by atoms with Crippen molar-refractivity contribution in [3.8, 4) is 16.3 Å². The van der Waals surface area contributed by atoms with Gasteiger partial charge < -0.3 is 9.64 Å². The predicted molar refractivity (Wildman–Crippen MR) is 131 cm³/mol. The molecule has 9 heteroatoms. The van der Waals surface area contributed by atoms with Crippen LogP contribution in [0.4, 0.5) is 0 Å². The highest BCUT2D eigenvalue weighted by Gasteiger charge is 2.23. The largest absolute Gasteiger partial charge is 0.497 e. The molecule has 3 heterocycles. The van der Waals surface area contributed by atoms with Gasteiger partial charge in [-0.25, -0.2) is 4.98 Å². The zero-order valence-corrected chi connectivity index (χ0v) is 19.9. The van der Waals surface area contributed by atoms with Crippen LogP contribution >= 0.6 is 11.3 Å². The predicted octanol–water partition coefficient (Wildman–Crippen LogP) is 3.09. The van der Waals surface area contributed by atoms with Crippen LogP contribution in [0.25, 0.3) is 15.5 Å². The Morgan fingerprint density at radius 3 is 2.53 bits per heavy atom. The van der Waals surface area contributed by atoms with Crippen molar-refractivity contribution < 1.29 is 9.53 Å². The molecule has 0 aliphatic carbocycles. The molecule has 34 heavy (non-hydrogen) atoms. The fraction of sp³-hybridized carbons (Fsp3) is 0.280. The average molecular weight is 476 g/mol. The molecular formula is C25H25N5O3S. The van der Waals surface area contributed by atoms with Gasteiger partial charge in [0.2, 0.25) is 4.96 Å². The van der Waals surface area contributed by atoms with E-state index in [4.69, 9.17) is 9.72 Å². The lowest BCUT2D eigenvalue weighted by atomic mass is 10.1. The van der Waals surface area contributed by atoms with Gasteiger partial charge in [-0.2, -0.15) is 9.61 Å². The van der Waals surface area contributed by atoms with E-state index in [-0.39, 0.29) is 11.5 Å². The van der Waals surface area contributed by atoms with Gasteiger partial charge in [0.15, 0.2) is 0 Å². The SMILES string of the molecule is COc1ccc(C(=O)N2CCN(Cc3cc(=O)n4nc(-c5cccc(C)c5)sc4n3)CC2)cc1. The van der Waals surface area contributed by atoms with Gasteiger partial charge in [0.1, 0.15) is 10.8 Å². The fourth-order valence-corrected chi connectivity index (χ4v) is 5.01. The number of fused-ring (bicyclic) bond motifs is 1. The highest BCUT2D eigenvalue weighted by Crippen LogP contribution is 2.25. The lowest BCUT2D eigenvalue weighted by molar-refractivity contribution is 0.0627. The molecule has 2 aromatic carbocycles. The molecule has 1 amide bonds. The zero-order chi connectivity index (χ0) is 23.7. The number of amides is 1. The average Bonchev–Trinajstić information content (AvgIpc) is 3.29. The molecule has 0 saturated carbocycles. The summed E-state index contributed by atoms with van der Waals surface area (Å²) < 4.78 is 6.54. The highest BCUT2D eigenvalue weighted by atomic mass is 32.1. The van der Waals surface area contributed by atoms with Crippen molar-refractivity contribution in [1.82, 2.24) is 24.4 Å². The molecule has 8 nitrogen and oxygen atoms in total. The third-order valence-corrected chi connectivity index (χ3v) is 6.90. The smallest absolute Gasteiger partial charge is 0.275 e. The molecule has 0 bridgehead atoms. The van der Waals surface area contributed by atoms with Crippen molar-refractivity contribution in [1.29, 1.82) is 0 Å². The molecule has 1 fully saturated rings. The minimum atomic E-state index is -0.177. The standard InChI is InChI=1S/C25H25N5O3S/c1-17-4-3-5-19(14-17)23-27-30-22(31)15-20(26-25(30)34-23)16-28-10-12-29(13-11-28)24(32)18-6-8-21(33-2)9-7-18/h3-9,14-15H,10-13,16H2,1-2H3. The molecule has 0 unspecified atom stereocenters. The first-order valence-corrected chi connectivity index (χ1v) is 11.9. The van der Waals surface area contributed by atoms with Crippen LogP contribution in [0.3, 0.4) is 0 Å². The van der Waals surface area contributed by atoms with E-state index in [1.807, 2.05) is 30.0 Å². The maximum absolute atomic E-state index is 12.8. The van der Waals surface area contributed by atoms with E-state index >= 15 is 0 Å². The lowest BCUT2D eigenvalue weighted by Gasteiger charge is -2.34.